The summed E-state index contributed by atoms with van der Waals surface area (Å²) in [5.41, 5.74) is 6.80. The van der Waals surface area contributed by atoms with E-state index in [2.05, 4.69) is 36.1 Å². The second-order valence-corrected chi connectivity index (χ2v) is 9.90. The van der Waals surface area contributed by atoms with Gasteiger partial charge in [-0.25, -0.2) is 0 Å². The zero-order valence-electron chi connectivity index (χ0n) is 20.5. The number of likely N-dealkylation sites (tertiary alicyclic amines) is 1. The average molecular weight is 458 g/mol. The number of likely N-dealkylation sites (N-methyl/N-ethyl adjacent to an activating group) is 1. The highest BCUT2D eigenvalue weighted by Crippen LogP contribution is 2.40. The molecule has 33 heavy (non-hydrogen) atoms. The van der Waals surface area contributed by atoms with Crippen LogP contribution in [0.15, 0.2) is 36.0 Å². The van der Waals surface area contributed by atoms with Crippen LogP contribution in [-0.2, 0) is 5.41 Å². The second kappa shape index (κ2) is 9.73. The Morgan fingerprint density at radius 3 is 2.85 bits per heavy atom. The van der Waals surface area contributed by atoms with E-state index in [1.807, 2.05) is 37.9 Å². The number of amides is 1. The van der Waals surface area contributed by atoms with Gasteiger partial charge in [0.2, 0.25) is 0 Å². The van der Waals surface area contributed by atoms with Gasteiger partial charge in [-0.05, 0) is 38.1 Å². The fraction of sp³-hybridized carbons (Fsp3) is 0.600. The van der Waals surface area contributed by atoms with Crippen molar-refractivity contribution in [1.82, 2.24) is 15.5 Å². The maximum absolute atomic E-state index is 13.3. The molecule has 0 bridgehead atoms. The summed E-state index contributed by atoms with van der Waals surface area (Å²) in [7, 11) is 1.93. The minimum absolute atomic E-state index is 0.0574. The normalized spacial score (nSPS) is 27.9. The summed E-state index contributed by atoms with van der Waals surface area (Å²) in [6.07, 6.45) is 2.27. The summed E-state index contributed by atoms with van der Waals surface area (Å²) in [5.74, 6) is 0.919. The quantitative estimate of drug-likeness (QED) is 0.350. The minimum Gasteiger partial charge on any atom is -0.492 e. The molecule has 1 fully saturated rings. The van der Waals surface area contributed by atoms with Crippen LogP contribution in [0.3, 0.4) is 0 Å². The lowest BCUT2D eigenvalue weighted by molar-refractivity contribution is 0.0272. The molecule has 0 spiro atoms. The van der Waals surface area contributed by atoms with Crippen LogP contribution >= 0.6 is 0 Å². The molecule has 0 saturated carbocycles. The Labute approximate surface area is 197 Å². The maximum atomic E-state index is 13.3. The summed E-state index contributed by atoms with van der Waals surface area (Å²) in [6, 6.07) is 4.90. The number of rotatable bonds is 8. The lowest BCUT2D eigenvalue weighted by atomic mass is 9.79. The van der Waals surface area contributed by atoms with Crippen molar-refractivity contribution in [2.45, 2.75) is 69.7 Å². The van der Waals surface area contributed by atoms with E-state index in [9.17, 15) is 9.90 Å². The minimum atomic E-state index is -0.853. The first-order valence-electron chi connectivity index (χ1n) is 11.7. The smallest absolute Gasteiger partial charge is 0.255 e. The number of nitrogens with zero attached hydrogens (tertiary/aromatic N) is 2. The number of aliphatic hydroxyl groups excluding tert-OH is 1. The van der Waals surface area contributed by atoms with Gasteiger partial charge in [0.25, 0.3) is 5.91 Å². The van der Waals surface area contributed by atoms with Gasteiger partial charge in [0.1, 0.15) is 5.75 Å². The van der Waals surface area contributed by atoms with Gasteiger partial charge in [-0.1, -0.05) is 39.5 Å². The number of nitrogens with two attached hydrogens (primary N) is 1. The highest BCUT2D eigenvalue weighted by molar-refractivity contribution is 5.97. The molecule has 4 atom stereocenters. The summed E-state index contributed by atoms with van der Waals surface area (Å²) in [5, 5.41) is 17.6. The largest absolute Gasteiger partial charge is 0.492 e. The molecule has 8 heteroatoms. The van der Waals surface area contributed by atoms with Gasteiger partial charge in [0, 0.05) is 25.1 Å². The van der Waals surface area contributed by atoms with Crippen molar-refractivity contribution in [3.8, 4) is 5.75 Å². The van der Waals surface area contributed by atoms with Gasteiger partial charge in [-0.15, -0.1) is 0 Å². The molecule has 1 aromatic carbocycles. The SMILES string of the molecule is C=CNCC(N=C(N)CC)C1(C)C(O)C(NC(=O)c2cccc3c2OCCC3(C)C)CN1C. The number of hydrogen-bond acceptors (Lipinski definition) is 6. The van der Waals surface area contributed by atoms with Crippen LogP contribution in [0.2, 0.25) is 0 Å². The summed E-state index contributed by atoms with van der Waals surface area (Å²) >= 11 is 0. The molecule has 1 aromatic rings. The van der Waals surface area contributed by atoms with Gasteiger partial charge in [-0.2, -0.15) is 0 Å². The van der Waals surface area contributed by atoms with E-state index >= 15 is 0 Å². The maximum Gasteiger partial charge on any atom is 0.255 e. The molecule has 3 rings (SSSR count). The number of ether oxygens (including phenoxy) is 1. The van der Waals surface area contributed by atoms with E-state index < -0.39 is 17.7 Å². The lowest BCUT2D eigenvalue weighted by Crippen LogP contribution is -2.59. The zero-order chi connectivity index (χ0) is 24.4. The van der Waals surface area contributed by atoms with Crippen molar-refractivity contribution in [3.63, 3.8) is 0 Å². The van der Waals surface area contributed by atoms with Crippen LogP contribution in [-0.4, -0.2) is 72.2 Å². The molecule has 8 nitrogen and oxygen atoms in total. The molecule has 5 N–H and O–H groups in total. The van der Waals surface area contributed by atoms with Crippen molar-refractivity contribution in [2.24, 2.45) is 10.7 Å². The first-order valence-corrected chi connectivity index (χ1v) is 11.7. The van der Waals surface area contributed by atoms with Crippen LogP contribution in [0, 0.1) is 0 Å². The topological polar surface area (TPSA) is 112 Å². The molecular formula is C25H39N5O3. The standard InChI is InChI=1S/C25H39N5O3/c1-7-20(26)29-19(14-27-8-2)25(5)22(31)18(15-30(25)6)28-23(32)16-10-9-11-17-21(16)33-13-12-24(17,3)4/h8-11,18-19,22,27,31H,2,7,12-15H2,1,3-6H3,(H2,26,29)(H,28,32). The molecule has 0 aromatic heterocycles. The van der Waals surface area contributed by atoms with Gasteiger partial charge in [0.15, 0.2) is 0 Å². The van der Waals surface area contributed by atoms with E-state index in [0.717, 1.165) is 12.0 Å². The van der Waals surface area contributed by atoms with Crippen LogP contribution in [0.4, 0.5) is 0 Å². The van der Waals surface area contributed by atoms with Gasteiger partial charge in [-0.3, -0.25) is 14.7 Å². The van der Waals surface area contributed by atoms with Crippen LogP contribution in [0.25, 0.3) is 0 Å². The molecule has 1 amide bonds. The highest BCUT2D eigenvalue weighted by atomic mass is 16.5. The number of fused-ring (bicyclic) bond motifs is 1. The van der Waals surface area contributed by atoms with Crippen LogP contribution in [0.1, 0.15) is 56.5 Å². The Kier molecular flexibility index (Phi) is 7.39. The van der Waals surface area contributed by atoms with Crippen molar-refractivity contribution in [1.29, 1.82) is 0 Å². The van der Waals surface area contributed by atoms with Crippen molar-refractivity contribution in [2.75, 3.05) is 26.7 Å². The fourth-order valence-corrected chi connectivity index (χ4v) is 4.86. The molecule has 2 aliphatic heterocycles. The van der Waals surface area contributed by atoms with E-state index in [0.29, 0.717) is 43.3 Å². The Hall–Kier alpha value is -2.58. The zero-order valence-corrected chi connectivity index (χ0v) is 20.5. The first-order chi connectivity index (χ1) is 15.6. The summed E-state index contributed by atoms with van der Waals surface area (Å²) in [4.78, 5) is 20.0. The van der Waals surface area contributed by atoms with E-state index in [1.54, 1.807) is 12.3 Å². The highest BCUT2D eigenvalue weighted by Gasteiger charge is 2.53. The number of carbonyl (C=O) groups excluding carboxylic acids is 1. The van der Waals surface area contributed by atoms with Crippen LogP contribution < -0.4 is 21.1 Å². The Morgan fingerprint density at radius 2 is 2.18 bits per heavy atom. The molecule has 1 saturated heterocycles. The number of nitrogens with one attached hydrogen (secondary N) is 2. The number of amidine groups is 1. The van der Waals surface area contributed by atoms with Crippen molar-refractivity contribution >= 4 is 11.7 Å². The van der Waals surface area contributed by atoms with Gasteiger partial charge < -0.3 is 26.2 Å². The van der Waals surface area contributed by atoms with Crippen LogP contribution in [0.5, 0.6) is 5.75 Å². The molecule has 2 heterocycles. The van der Waals surface area contributed by atoms with Gasteiger partial charge >= 0.3 is 0 Å². The second-order valence-electron chi connectivity index (χ2n) is 9.90. The molecular weight excluding hydrogens is 418 g/mol. The third kappa shape index (κ3) is 4.73. The third-order valence-electron chi connectivity index (χ3n) is 7.37. The molecule has 0 aliphatic carbocycles. The monoisotopic (exact) mass is 457 g/mol. The molecule has 0 radical (unpaired) electrons. The number of benzene rings is 1. The molecule has 4 unspecified atom stereocenters. The number of hydrogen-bond donors (Lipinski definition) is 4. The number of para-hydroxylation sites is 1. The molecule has 2 aliphatic rings. The summed E-state index contributed by atoms with van der Waals surface area (Å²) < 4.78 is 5.92. The van der Waals surface area contributed by atoms with E-state index in [-0.39, 0.29) is 17.4 Å². The Morgan fingerprint density at radius 1 is 1.45 bits per heavy atom. The van der Waals surface area contributed by atoms with Crippen molar-refractivity contribution < 1.29 is 14.6 Å². The summed E-state index contributed by atoms with van der Waals surface area (Å²) in [6.45, 7) is 13.5. The van der Waals surface area contributed by atoms with Crippen molar-refractivity contribution in [3.05, 3.63) is 42.1 Å². The lowest BCUT2D eigenvalue weighted by Gasteiger charge is -2.40. The van der Waals surface area contributed by atoms with Gasteiger partial charge in [0.05, 0.1) is 41.7 Å². The predicted molar refractivity (Wildman–Crippen MR) is 132 cm³/mol. The Bertz CT molecular complexity index is 915. The average Bonchev–Trinajstić information content (AvgIpc) is 2.99. The predicted octanol–water partition coefficient (Wildman–Crippen LogP) is 1.78. The number of aliphatic hydroxyl groups is 1. The number of carbonyl (C=O) groups is 1. The van der Waals surface area contributed by atoms with E-state index in [4.69, 9.17) is 10.5 Å². The Balaban J connectivity index is 1.85. The number of aliphatic imine (C=N–C) groups is 1. The van der Waals surface area contributed by atoms with E-state index in [1.165, 1.54) is 0 Å². The molecule has 182 valence electrons. The first kappa shape index (κ1) is 25.1. The fourth-order valence-electron chi connectivity index (χ4n) is 4.86. The third-order valence-corrected chi connectivity index (χ3v) is 7.37.